The molecule has 1 amide bonds. The van der Waals surface area contributed by atoms with Crippen LogP contribution < -0.4 is 10.6 Å². The Morgan fingerprint density at radius 1 is 1.14 bits per heavy atom. The average molecular weight is 296 g/mol. The van der Waals surface area contributed by atoms with Crippen LogP contribution in [0.3, 0.4) is 0 Å². The molecular weight excluding hydrogens is 280 g/mol. The monoisotopic (exact) mass is 296 g/mol. The number of benzene rings is 1. The molecule has 1 aromatic carbocycles. The molecule has 3 rings (SSSR count). The molecule has 3 aromatic rings. The van der Waals surface area contributed by atoms with Crippen LogP contribution in [0.5, 0.6) is 0 Å². The first kappa shape index (κ1) is 14.0. The normalized spacial score (nSPS) is 10.7. The Morgan fingerprint density at radius 2 is 1.95 bits per heavy atom. The van der Waals surface area contributed by atoms with Crippen molar-refractivity contribution in [2.75, 3.05) is 12.4 Å². The number of H-pyrrole nitrogens is 1. The minimum atomic E-state index is -0.146. The fourth-order valence-electron chi connectivity index (χ4n) is 2.11. The lowest BCUT2D eigenvalue weighted by molar-refractivity contribution is 0.0959. The first-order valence-electron chi connectivity index (χ1n) is 6.86. The van der Waals surface area contributed by atoms with Gasteiger partial charge in [0.1, 0.15) is 5.69 Å². The van der Waals surface area contributed by atoms with Crippen molar-refractivity contribution in [1.29, 1.82) is 0 Å². The minimum Gasteiger partial charge on any atom is -0.354 e. The first-order chi connectivity index (χ1) is 10.6. The molecule has 0 aliphatic carbocycles. The third-order valence-corrected chi connectivity index (χ3v) is 3.44. The largest absolute Gasteiger partial charge is 0.354 e. The van der Waals surface area contributed by atoms with Gasteiger partial charge >= 0.3 is 0 Å². The number of aromatic nitrogens is 4. The summed E-state index contributed by atoms with van der Waals surface area (Å²) in [6.07, 6.45) is 0. The molecule has 0 unspecified atom stereocenters. The molecule has 0 spiro atoms. The van der Waals surface area contributed by atoms with Gasteiger partial charge in [0.25, 0.3) is 5.91 Å². The Labute approximate surface area is 127 Å². The predicted octanol–water partition coefficient (Wildman–Crippen LogP) is 2.07. The number of aryl methyl sites for hydroxylation is 2. The number of carbonyl (C=O) groups excluding carboxylic acids is 1. The average Bonchev–Trinajstić information content (AvgIpc) is 2.93. The summed E-state index contributed by atoms with van der Waals surface area (Å²) >= 11 is 0. The van der Waals surface area contributed by atoms with E-state index in [1.165, 1.54) is 0 Å². The minimum absolute atomic E-state index is 0.146. The highest BCUT2D eigenvalue weighted by molar-refractivity contribution is 5.98. The molecule has 2 heterocycles. The maximum atomic E-state index is 11.6. The highest BCUT2D eigenvalue weighted by Crippen LogP contribution is 2.22. The number of rotatable bonds is 3. The molecule has 2 aromatic heterocycles. The molecule has 0 saturated carbocycles. The second kappa shape index (κ2) is 5.44. The summed E-state index contributed by atoms with van der Waals surface area (Å²) in [6, 6.07) is 7.53. The number of nitrogens with one attached hydrogen (secondary N) is 3. The zero-order valence-corrected chi connectivity index (χ0v) is 12.6. The Morgan fingerprint density at radius 3 is 2.68 bits per heavy atom. The standard InChI is InChI=1S/C15H16N6O/c1-8-9(2)20-21-15(17-8)18-11-4-5-12-10(6-11)7-13(19-12)14(22)16-3/h4-7,19H,1-3H3,(H,16,22)(H,17,18,21). The second-order valence-electron chi connectivity index (χ2n) is 5.00. The Bertz CT molecular complexity index is 854. The van der Waals surface area contributed by atoms with Crippen molar-refractivity contribution in [3.63, 3.8) is 0 Å². The van der Waals surface area contributed by atoms with Crippen LogP contribution >= 0.6 is 0 Å². The van der Waals surface area contributed by atoms with Gasteiger partial charge in [0.05, 0.1) is 11.4 Å². The van der Waals surface area contributed by atoms with Gasteiger partial charge in [0, 0.05) is 23.6 Å². The van der Waals surface area contributed by atoms with E-state index >= 15 is 0 Å². The molecule has 7 nitrogen and oxygen atoms in total. The Kier molecular flexibility index (Phi) is 3.46. The lowest BCUT2D eigenvalue weighted by Crippen LogP contribution is -2.17. The van der Waals surface area contributed by atoms with Crippen LogP contribution in [0.4, 0.5) is 11.6 Å². The molecule has 112 valence electrons. The van der Waals surface area contributed by atoms with Gasteiger partial charge < -0.3 is 15.6 Å². The number of hydrogen-bond donors (Lipinski definition) is 3. The third-order valence-electron chi connectivity index (χ3n) is 3.44. The van der Waals surface area contributed by atoms with Crippen LogP contribution in [-0.2, 0) is 0 Å². The van der Waals surface area contributed by atoms with E-state index in [1.54, 1.807) is 13.1 Å². The van der Waals surface area contributed by atoms with Crippen molar-refractivity contribution in [3.8, 4) is 0 Å². The van der Waals surface area contributed by atoms with E-state index in [0.29, 0.717) is 11.6 Å². The molecule has 0 bridgehead atoms. The van der Waals surface area contributed by atoms with Gasteiger partial charge in [-0.05, 0) is 38.1 Å². The van der Waals surface area contributed by atoms with Crippen molar-refractivity contribution in [1.82, 2.24) is 25.5 Å². The van der Waals surface area contributed by atoms with E-state index in [9.17, 15) is 4.79 Å². The lowest BCUT2D eigenvalue weighted by atomic mass is 10.2. The summed E-state index contributed by atoms with van der Waals surface area (Å²) in [7, 11) is 1.60. The van der Waals surface area contributed by atoms with Gasteiger partial charge in [-0.15, -0.1) is 5.10 Å². The number of aromatic amines is 1. The second-order valence-corrected chi connectivity index (χ2v) is 5.00. The molecule has 0 fully saturated rings. The van der Waals surface area contributed by atoms with E-state index < -0.39 is 0 Å². The summed E-state index contributed by atoms with van der Waals surface area (Å²) in [4.78, 5) is 19.1. The zero-order valence-electron chi connectivity index (χ0n) is 12.6. The summed E-state index contributed by atoms with van der Waals surface area (Å²) < 4.78 is 0. The van der Waals surface area contributed by atoms with Crippen molar-refractivity contribution < 1.29 is 4.79 Å². The molecule has 22 heavy (non-hydrogen) atoms. The Balaban J connectivity index is 1.91. The van der Waals surface area contributed by atoms with Crippen LogP contribution in [0.2, 0.25) is 0 Å². The fraction of sp³-hybridized carbons (Fsp3) is 0.200. The topological polar surface area (TPSA) is 95.6 Å². The van der Waals surface area contributed by atoms with Crippen LogP contribution in [0.25, 0.3) is 10.9 Å². The highest BCUT2D eigenvalue weighted by Gasteiger charge is 2.08. The zero-order chi connectivity index (χ0) is 15.7. The maximum absolute atomic E-state index is 11.6. The number of anilines is 2. The number of amides is 1. The number of nitrogens with zero attached hydrogens (tertiary/aromatic N) is 3. The molecule has 0 atom stereocenters. The van der Waals surface area contributed by atoms with Gasteiger partial charge in [0.2, 0.25) is 5.95 Å². The quantitative estimate of drug-likeness (QED) is 0.687. The van der Waals surface area contributed by atoms with E-state index in [2.05, 4.69) is 30.8 Å². The van der Waals surface area contributed by atoms with Gasteiger partial charge in [-0.25, -0.2) is 4.98 Å². The smallest absolute Gasteiger partial charge is 0.267 e. The van der Waals surface area contributed by atoms with E-state index in [-0.39, 0.29) is 5.91 Å². The van der Waals surface area contributed by atoms with Crippen molar-refractivity contribution in [2.45, 2.75) is 13.8 Å². The SMILES string of the molecule is CNC(=O)c1cc2cc(Nc3nnc(C)c(C)n3)ccc2[nH]1. The summed E-state index contributed by atoms with van der Waals surface area (Å²) in [6.45, 7) is 3.76. The number of hydrogen-bond acceptors (Lipinski definition) is 5. The van der Waals surface area contributed by atoms with Crippen LogP contribution in [-0.4, -0.2) is 33.1 Å². The molecule has 7 heteroatoms. The van der Waals surface area contributed by atoms with Crippen LogP contribution in [0, 0.1) is 13.8 Å². The van der Waals surface area contributed by atoms with E-state index in [0.717, 1.165) is 28.0 Å². The van der Waals surface area contributed by atoms with Crippen molar-refractivity contribution in [2.24, 2.45) is 0 Å². The van der Waals surface area contributed by atoms with Crippen LogP contribution in [0.15, 0.2) is 24.3 Å². The van der Waals surface area contributed by atoms with Gasteiger partial charge in [-0.2, -0.15) is 5.10 Å². The maximum Gasteiger partial charge on any atom is 0.267 e. The third kappa shape index (κ3) is 2.60. The Hall–Kier alpha value is -2.96. The molecule has 0 radical (unpaired) electrons. The number of fused-ring (bicyclic) bond motifs is 1. The first-order valence-corrected chi connectivity index (χ1v) is 6.86. The highest BCUT2D eigenvalue weighted by atomic mass is 16.1. The van der Waals surface area contributed by atoms with Gasteiger partial charge in [-0.3, -0.25) is 4.79 Å². The predicted molar refractivity (Wildman–Crippen MR) is 84.3 cm³/mol. The molecule has 0 saturated heterocycles. The molecule has 3 N–H and O–H groups in total. The van der Waals surface area contributed by atoms with Gasteiger partial charge in [0.15, 0.2) is 0 Å². The fourth-order valence-corrected chi connectivity index (χ4v) is 2.11. The summed E-state index contributed by atoms with van der Waals surface area (Å²) in [5.41, 5.74) is 3.89. The molecule has 0 aliphatic rings. The van der Waals surface area contributed by atoms with Gasteiger partial charge in [-0.1, -0.05) is 0 Å². The number of carbonyl (C=O) groups is 1. The van der Waals surface area contributed by atoms with Crippen molar-refractivity contribution in [3.05, 3.63) is 41.3 Å². The van der Waals surface area contributed by atoms with Crippen molar-refractivity contribution >= 4 is 28.4 Å². The lowest BCUT2D eigenvalue weighted by Gasteiger charge is -2.05. The summed E-state index contributed by atoms with van der Waals surface area (Å²) in [5, 5.41) is 14.7. The van der Waals surface area contributed by atoms with E-state index in [1.807, 2.05) is 32.0 Å². The van der Waals surface area contributed by atoms with E-state index in [4.69, 9.17) is 0 Å². The molecular formula is C15H16N6O. The van der Waals surface area contributed by atoms with Crippen LogP contribution in [0.1, 0.15) is 21.9 Å². The summed E-state index contributed by atoms with van der Waals surface area (Å²) in [5.74, 6) is 0.303. The molecule has 0 aliphatic heterocycles.